The molecule has 102 valence electrons. The lowest BCUT2D eigenvalue weighted by molar-refractivity contribution is 0.0991. The molecule has 0 aliphatic carbocycles. The van der Waals surface area contributed by atoms with Crippen molar-refractivity contribution < 1.29 is 13.9 Å². The number of hydrogen-bond acceptors (Lipinski definition) is 4. The number of Topliss-reactive ketones (excluding diaryl/α,β-unsaturated/α-hetero) is 1. The predicted octanol–water partition coefficient (Wildman–Crippen LogP) is 2.97. The van der Waals surface area contributed by atoms with Crippen LogP contribution in [0.1, 0.15) is 16.1 Å². The maximum Gasteiger partial charge on any atom is 0.193 e. The maximum absolute atomic E-state index is 13.3. The molecule has 0 aliphatic rings. The first kappa shape index (κ1) is 12.8. The van der Waals surface area contributed by atoms with Gasteiger partial charge in [0.1, 0.15) is 0 Å². The SMILES string of the molecule is COc1cc(C(=O)Cc2cn3ccsc3n2)ccc1F. The van der Waals surface area contributed by atoms with Gasteiger partial charge in [0.25, 0.3) is 0 Å². The summed E-state index contributed by atoms with van der Waals surface area (Å²) in [7, 11) is 1.37. The topological polar surface area (TPSA) is 43.6 Å². The molecular weight excluding hydrogens is 279 g/mol. The smallest absolute Gasteiger partial charge is 0.193 e. The van der Waals surface area contributed by atoms with Crippen LogP contribution in [0.5, 0.6) is 5.75 Å². The Kier molecular flexibility index (Phi) is 3.23. The number of methoxy groups -OCH3 is 1. The molecule has 0 atom stereocenters. The number of halogens is 1. The molecule has 2 heterocycles. The van der Waals surface area contributed by atoms with Gasteiger partial charge in [0.05, 0.1) is 19.2 Å². The maximum atomic E-state index is 13.3. The number of ether oxygens (including phenoxy) is 1. The van der Waals surface area contributed by atoms with Crippen LogP contribution in [0.4, 0.5) is 4.39 Å². The Bertz CT molecular complexity index is 750. The van der Waals surface area contributed by atoms with E-state index in [1.165, 1.54) is 36.6 Å². The molecular formula is C14H11FN2O2S. The van der Waals surface area contributed by atoms with Gasteiger partial charge in [-0.2, -0.15) is 0 Å². The second kappa shape index (κ2) is 5.05. The van der Waals surface area contributed by atoms with Crippen LogP contribution < -0.4 is 4.74 Å². The van der Waals surface area contributed by atoms with E-state index in [1.54, 1.807) is 0 Å². The van der Waals surface area contributed by atoms with Gasteiger partial charge >= 0.3 is 0 Å². The number of nitrogens with zero attached hydrogens (tertiary/aromatic N) is 2. The first-order valence-electron chi connectivity index (χ1n) is 5.95. The zero-order valence-electron chi connectivity index (χ0n) is 10.7. The first-order valence-corrected chi connectivity index (χ1v) is 6.83. The van der Waals surface area contributed by atoms with Gasteiger partial charge in [0, 0.05) is 23.3 Å². The van der Waals surface area contributed by atoms with E-state index in [1.807, 2.05) is 22.2 Å². The summed E-state index contributed by atoms with van der Waals surface area (Å²) < 4.78 is 20.1. The number of aromatic nitrogens is 2. The van der Waals surface area contributed by atoms with E-state index in [-0.39, 0.29) is 18.0 Å². The molecule has 0 aliphatic heterocycles. The number of fused-ring (bicyclic) bond motifs is 1. The summed E-state index contributed by atoms with van der Waals surface area (Å²) in [5, 5.41) is 1.93. The highest BCUT2D eigenvalue weighted by atomic mass is 32.1. The van der Waals surface area contributed by atoms with Crippen molar-refractivity contribution in [1.82, 2.24) is 9.38 Å². The van der Waals surface area contributed by atoms with Crippen LogP contribution in [0.3, 0.4) is 0 Å². The van der Waals surface area contributed by atoms with Gasteiger partial charge in [0.15, 0.2) is 22.3 Å². The van der Waals surface area contributed by atoms with Crippen molar-refractivity contribution in [1.29, 1.82) is 0 Å². The number of thiazole rings is 1. The number of rotatable bonds is 4. The van der Waals surface area contributed by atoms with E-state index >= 15 is 0 Å². The lowest BCUT2D eigenvalue weighted by atomic mass is 10.1. The van der Waals surface area contributed by atoms with Crippen LogP contribution >= 0.6 is 11.3 Å². The van der Waals surface area contributed by atoms with Crippen LogP contribution in [0.15, 0.2) is 36.0 Å². The Morgan fingerprint density at radius 3 is 3.10 bits per heavy atom. The van der Waals surface area contributed by atoms with E-state index < -0.39 is 5.82 Å². The predicted molar refractivity (Wildman–Crippen MR) is 74.1 cm³/mol. The average molecular weight is 290 g/mol. The summed E-state index contributed by atoms with van der Waals surface area (Å²) in [5.74, 6) is -0.526. The lowest BCUT2D eigenvalue weighted by Crippen LogP contribution is -2.04. The van der Waals surface area contributed by atoms with Crippen molar-refractivity contribution in [3.05, 3.63) is 53.0 Å². The van der Waals surface area contributed by atoms with E-state index in [2.05, 4.69) is 4.98 Å². The van der Waals surface area contributed by atoms with E-state index in [4.69, 9.17) is 4.74 Å². The Balaban J connectivity index is 1.83. The molecule has 3 rings (SSSR count). The third-order valence-electron chi connectivity index (χ3n) is 2.96. The number of carbonyl (C=O) groups excluding carboxylic acids is 1. The lowest BCUT2D eigenvalue weighted by Gasteiger charge is -2.04. The Morgan fingerprint density at radius 1 is 1.50 bits per heavy atom. The van der Waals surface area contributed by atoms with Gasteiger partial charge in [-0.15, -0.1) is 11.3 Å². The van der Waals surface area contributed by atoms with Gasteiger partial charge in [-0.3, -0.25) is 9.20 Å². The number of carbonyl (C=O) groups is 1. The summed E-state index contributed by atoms with van der Waals surface area (Å²) in [6.45, 7) is 0. The average Bonchev–Trinajstić information content (AvgIpc) is 3.00. The Morgan fingerprint density at radius 2 is 2.35 bits per heavy atom. The van der Waals surface area contributed by atoms with E-state index in [0.29, 0.717) is 11.3 Å². The number of benzene rings is 1. The highest BCUT2D eigenvalue weighted by Crippen LogP contribution is 2.20. The molecule has 20 heavy (non-hydrogen) atoms. The highest BCUT2D eigenvalue weighted by Gasteiger charge is 2.13. The summed E-state index contributed by atoms with van der Waals surface area (Å²) in [6, 6.07) is 4.10. The van der Waals surface area contributed by atoms with Gasteiger partial charge in [-0.1, -0.05) is 0 Å². The largest absolute Gasteiger partial charge is 0.494 e. The van der Waals surface area contributed by atoms with E-state index in [9.17, 15) is 9.18 Å². The summed E-state index contributed by atoms with van der Waals surface area (Å²) in [6.07, 6.45) is 3.90. The molecule has 0 spiro atoms. The normalized spacial score (nSPS) is 10.9. The molecule has 0 amide bonds. The molecule has 3 aromatic rings. The van der Waals surface area contributed by atoms with Gasteiger partial charge < -0.3 is 4.74 Å². The molecule has 0 radical (unpaired) electrons. The van der Waals surface area contributed by atoms with Crippen molar-refractivity contribution in [2.24, 2.45) is 0 Å². The summed E-state index contributed by atoms with van der Waals surface area (Å²) >= 11 is 1.51. The molecule has 0 bridgehead atoms. The van der Waals surface area contributed by atoms with Crippen molar-refractivity contribution in [2.45, 2.75) is 6.42 Å². The molecule has 2 aromatic heterocycles. The van der Waals surface area contributed by atoms with Crippen molar-refractivity contribution in [3.8, 4) is 5.75 Å². The summed E-state index contributed by atoms with van der Waals surface area (Å²) in [4.78, 5) is 17.4. The highest BCUT2D eigenvalue weighted by molar-refractivity contribution is 7.15. The quantitative estimate of drug-likeness (QED) is 0.694. The third-order valence-corrected chi connectivity index (χ3v) is 3.73. The van der Waals surface area contributed by atoms with Crippen LogP contribution in [-0.4, -0.2) is 22.3 Å². The monoisotopic (exact) mass is 290 g/mol. The van der Waals surface area contributed by atoms with E-state index in [0.717, 1.165) is 4.96 Å². The third kappa shape index (κ3) is 2.30. The molecule has 0 unspecified atom stereocenters. The first-order chi connectivity index (χ1) is 9.67. The fraction of sp³-hybridized carbons (Fsp3) is 0.143. The standard InChI is InChI=1S/C14H11FN2O2S/c1-19-13-6-9(2-3-11(13)15)12(18)7-10-8-17-4-5-20-14(17)16-10/h2-6,8H,7H2,1H3. The molecule has 0 N–H and O–H groups in total. The van der Waals surface area contributed by atoms with Gasteiger partial charge in [-0.25, -0.2) is 9.37 Å². The van der Waals surface area contributed by atoms with Crippen LogP contribution in [-0.2, 0) is 6.42 Å². The van der Waals surface area contributed by atoms with Crippen molar-refractivity contribution in [2.75, 3.05) is 7.11 Å². The zero-order valence-corrected chi connectivity index (χ0v) is 11.5. The van der Waals surface area contributed by atoms with Crippen LogP contribution in [0, 0.1) is 5.82 Å². The minimum atomic E-state index is -0.480. The number of imidazole rings is 1. The Hall–Kier alpha value is -2.21. The molecule has 6 heteroatoms. The number of ketones is 1. The number of hydrogen-bond donors (Lipinski definition) is 0. The molecule has 0 fully saturated rings. The van der Waals surface area contributed by atoms with Crippen LogP contribution in [0.25, 0.3) is 4.96 Å². The molecule has 0 saturated carbocycles. The molecule has 0 saturated heterocycles. The minimum Gasteiger partial charge on any atom is -0.494 e. The molecule has 1 aromatic carbocycles. The van der Waals surface area contributed by atoms with Crippen molar-refractivity contribution in [3.63, 3.8) is 0 Å². The van der Waals surface area contributed by atoms with Gasteiger partial charge in [0.2, 0.25) is 0 Å². The van der Waals surface area contributed by atoms with Gasteiger partial charge in [-0.05, 0) is 18.2 Å². The van der Waals surface area contributed by atoms with Crippen LogP contribution in [0.2, 0.25) is 0 Å². The minimum absolute atomic E-state index is 0.0710. The fourth-order valence-corrected chi connectivity index (χ4v) is 2.68. The molecule has 4 nitrogen and oxygen atoms in total. The zero-order chi connectivity index (χ0) is 14.1. The second-order valence-corrected chi connectivity index (χ2v) is 5.15. The second-order valence-electron chi connectivity index (χ2n) is 4.27. The van der Waals surface area contributed by atoms with Crippen molar-refractivity contribution >= 4 is 22.1 Å². The fourth-order valence-electron chi connectivity index (χ4n) is 1.96. The Labute approximate surface area is 118 Å². The summed E-state index contributed by atoms with van der Waals surface area (Å²) in [5.41, 5.74) is 1.12.